The number of aromatic nitrogens is 2. The molecule has 44 valence electrons. The van der Waals surface area contributed by atoms with Gasteiger partial charge in [0.15, 0.2) is 0 Å². The second kappa shape index (κ2) is 2.06. The fourth-order valence-electron chi connectivity index (χ4n) is 0.342. The third kappa shape index (κ3) is 0.932. The van der Waals surface area contributed by atoms with E-state index in [1.54, 1.807) is 6.92 Å². The summed E-state index contributed by atoms with van der Waals surface area (Å²) in [7, 11) is 0. The van der Waals surface area contributed by atoms with E-state index in [9.17, 15) is 0 Å². The number of hydrogen-bond donors (Lipinski definition) is 2. The van der Waals surface area contributed by atoms with Crippen LogP contribution in [0.5, 0.6) is 0 Å². The topological polar surface area (TPSA) is 58.0 Å². The van der Waals surface area contributed by atoms with Crippen LogP contribution in [0, 0.1) is 6.92 Å². The van der Waals surface area contributed by atoms with Gasteiger partial charge in [0.2, 0.25) is 5.13 Å². The Morgan fingerprint density at radius 2 is 2.50 bits per heavy atom. The van der Waals surface area contributed by atoms with Gasteiger partial charge in [-0.3, -0.25) is 5.21 Å². The fraction of sp³-hybridized carbons (Fsp3) is 0.333. The molecule has 0 bridgehead atoms. The van der Waals surface area contributed by atoms with Crippen molar-refractivity contribution in [2.75, 3.05) is 5.48 Å². The van der Waals surface area contributed by atoms with Crippen LogP contribution in [0.3, 0.4) is 0 Å². The van der Waals surface area contributed by atoms with Crippen molar-refractivity contribution >= 4 is 16.7 Å². The molecule has 0 saturated heterocycles. The molecular formula is C3H5N3OS. The van der Waals surface area contributed by atoms with Gasteiger partial charge in [0.05, 0.1) is 0 Å². The number of nitrogens with one attached hydrogen (secondary N) is 1. The predicted molar refractivity (Wildman–Crippen MR) is 30.1 cm³/mol. The first-order valence-corrected chi connectivity index (χ1v) is 2.80. The van der Waals surface area contributed by atoms with E-state index >= 15 is 0 Å². The molecule has 8 heavy (non-hydrogen) atoms. The Morgan fingerprint density at radius 3 is 2.75 bits per heavy atom. The van der Waals surface area contributed by atoms with Gasteiger partial charge in [-0.25, -0.2) is 10.5 Å². The zero-order valence-electron chi connectivity index (χ0n) is 4.25. The Balaban J connectivity index is 2.84. The average Bonchev–Trinajstić information content (AvgIpc) is 2.14. The second-order valence-electron chi connectivity index (χ2n) is 1.26. The maximum Gasteiger partial charge on any atom is 0.226 e. The van der Waals surface area contributed by atoms with Crippen molar-refractivity contribution in [3.8, 4) is 0 Å². The van der Waals surface area contributed by atoms with Gasteiger partial charge >= 0.3 is 0 Å². The average molecular weight is 131 g/mol. The Morgan fingerprint density at radius 1 is 1.75 bits per heavy atom. The van der Waals surface area contributed by atoms with Crippen molar-refractivity contribution in [2.24, 2.45) is 0 Å². The Hall–Kier alpha value is -0.680. The first kappa shape index (κ1) is 5.46. The molecule has 0 aliphatic rings. The number of anilines is 1. The van der Waals surface area contributed by atoms with Crippen molar-refractivity contribution in [3.63, 3.8) is 0 Å². The summed E-state index contributed by atoms with van der Waals surface area (Å²) in [6.07, 6.45) is 0. The highest BCUT2D eigenvalue weighted by atomic mass is 32.1. The summed E-state index contributed by atoms with van der Waals surface area (Å²) in [5.41, 5.74) is 1.89. The summed E-state index contributed by atoms with van der Waals surface area (Å²) in [5.74, 6) is 0.673. The van der Waals surface area contributed by atoms with Gasteiger partial charge in [-0.2, -0.15) is 4.37 Å². The first-order chi connectivity index (χ1) is 3.83. The minimum absolute atomic E-state index is 0.433. The SMILES string of the molecule is Cc1nsc(NO)n1. The van der Waals surface area contributed by atoms with Crippen LogP contribution in [0.15, 0.2) is 0 Å². The molecule has 0 radical (unpaired) electrons. The molecule has 0 spiro atoms. The normalized spacial score (nSPS) is 9.25. The standard InChI is InChI=1S/C3H5N3OS/c1-2-4-3(5-7)8-6-2/h7H,1H3,(H,4,5,6). The van der Waals surface area contributed by atoms with E-state index < -0.39 is 0 Å². The van der Waals surface area contributed by atoms with Gasteiger partial charge in [0, 0.05) is 11.5 Å². The van der Waals surface area contributed by atoms with E-state index in [-0.39, 0.29) is 0 Å². The molecule has 0 aliphatic carbocycles. The molecule has 0 unspecified atom stereocenters. The van der Waals surface area contributed by atoms with Crippen LogP contribution in [0.4, 0.5) is 5.13 Å². The van der Waals surface area contributed by atoms with E-state index in [1.807, 2.05) is 5.48 Å². The molecule has 0 fully saturated rings. The summed E-state index contributed by atoms with van der Waals surface area (Å²) in [4.78, 5) is 3.78. The summed E-state index contributed by atoms with van der Waals surface area (Å²) in [6.45, 7) is 1.76. The molecule has 0 atom stereocenters. The highest BCUT2D eigenvalue weighted by Crippen LogP contribution is 2.07. The fourth-order valence-corrected chi connectivity index (χ4v) is 0.816. The third-order valence-corrected chi connectivity index (χ3v) is 1.33. The molecule has 0 aliphatic heterocycles. The lowest BCUT2D eigenvalue weighted by molar-refractivity contribution is 0.388. The minimum Gasteiger partial charge on any atom is -0.289 e. The molecule has 2 N–H and O–H groups in total. The lowest BCUT2D eigenvalue weighted by Gasteiger charge is -1.81. The monoisotopic (exact) mass is 131 g/mol. The number of hydrogen-bond acceptors (Lipinski definition) is 5. The molecule has 1 rings (SSSR count). The van der Waals surface area contributed by atoms with Crippen LogP contribution in [0.25, 0.3) is 0 Å². The lowest BCUT2D eigenvalue weighted by Crippen LogP contribution is -1.86. The van der Waals surface area contributed by atoms with Crippen molar-refractivity contribution in [1.29, 1.82) is 0 Å². The van der Waals surface area contributed by atoms with Crippen LogP contribution in [-0.2, 0) is 0 Å². The van der Waals surface area contributed by atoms with Crippen molar-refractivity contribution in [1.82, 2.24) is 9.36 Å². The maximum atomic E-state index is 8.21. The van der Waals surface area contributed by atoms with Crippen LogP contribution in [0.1, 0.15) is 5.82 Å². The van der Waals surface area contributed by atoms with Crippen molar-refractivity contribution in [2.45, 2.75) is 6.92 Å². The second-order valence-corrected chi connectivity index (χ2v) is 2.01. The van der Waals surface area contributed by atoms with Crippen LogP contribution in [0.2, 0.25) is 0 Å². The van der Waals surface area contributed by atoms with Crippen LogP contribution < -0.4 is 5.48 Å². The van der Waals surface area contributed by atoms with Crippen LogP contribution in [-0.4, -0.2) is 14.6 Å². The van der Waals surface area contributed by atoms with E-state index in [0.29, 0.717) is 11.0 Å². The highest BCUT2D eigenvalue weighted by molar-refractivity contribution is 7.09. The van der Waals surface area contributed by atoms with Gasteiger partial charge in [-0.1, -0.05) is 0 Å². The Bertz CT molecular complexity index is 175. The molecule has 0 saturated carbocycles. The molecule has 0 aromatic carbocycles. The summed E-state index contributed by atoms with van der Waals surface area (Å²) in [5, 5.41) is 8.64. The van der Waals surface area contributed by atoms with Gasteiger partial charge in [-0.05, 0) is 6.92 Å². The third-order valence-electron chi connectivity index (χ3n) is 0.623. The smallest absolute Gasteiger partial charge is 0.226 e. The highest BCUT2D eigenvalue weighted by Gasteiger charge is 1.93. The van der Waals surface area contributed by atoms with Crippen LogP contribution >= 0.6 is 11.5 Å². The lowest BCUT2D eigenvalue weighted by atomic mass is 10.8. The summed E-state index contributed by atoms with van der Waals surface area (Å²) >= 11 is 1.13. The van der Waals surface area contributed by atoms with E-state index in [2.05, 4.69) is 9.36 Å². The summed E-state index contributed by atoms with van der Waals surface area (Å²) in [6, 6.07) is 0. The Labute approximate surface area is 50.3 Å². The zero-order chi connectivity index (χ0) is 5.98. The molecular weight excluding hydrogens is 126 g/mol. The molecule has 4 nitrogen and oxygen atoms in total. The first-order valence-electron chi connectivity index (χ1n) is 2.03. The van der Waals surface area contributed by atoms with Crippen molar-refractivity contribution < 1.29 is 5.21 Å². The summed E-state index contributed by atoms with van der Waals surface area (Å²) < 4.78 is 3.80. The van der Waals surface area contributed by atoms with Gasteiger partial charge in [-0.15, -0.1) is 0 Å². The molecule has 1 aromatic rings. The molecule has 1 heterocycles. The molecule has 5 heteroatoms. The quantitative estimate of drug-likeness (QED) is 0.549. The van der Waals surface area contributed by atoms with Crippen molar-refractivity contribution in [3.05, 3.63) is 5.82 Å². The predicted octanol–water partition coefficient (Wildman–Crippen LogP) is 0.648. The van der Waals surface area contributed by atoms with Gasteiger partial charge in [0.25, 0.3) is 0 Å². The van der Waals surface area contributed by atoms with Gasteiger partial charge in [0.1, 0.15) is 5.82 Å². The maximum absolute atomic E-state index is 8.21. The Kier molecular flexibility index (Phi) is 1.40. The number of aryl methyl sites for hydroxylation is 1. The van der Waals surface area contributed by atoms with E-state index in [4.69, 9.17) is 5.21 Å². The van der Waals surface area contributed by atoms with E-state index in [1.165, 1.54) is 0 Å². The van der Waals surface area contributed by atoms with Gasteiger partial charge < -0.3 is 0 Å². The zero-order valence-corrected chi connectivity index (χ0v) is 5.07. The molecule has 0 amide bonds. The molecule has 1 aromatic heterocycles. The number of rotatable bonds is 1. The van der Waals surface area contributed by atoms with E-state index in [0.717, 1.165) is 11.5 Å². The minimum atomic E-state index is 0.433. The largest absolute Gasteiger partial charge is 0.289 e. The number of nitrogens with zero attached hydrogens (tertiary/aromatic N) is 2.